The maximum Gasteiger partial charge on any atom is 0.103 e. The third-order valence-electron chi connectivity index (χ3n) is 2.30. The van der Waals surface area contributed by atoms with Gasteiger partial charge in [-0.1, -0.05) is 28.1 Å². The summed E-state index contributed by atoms with van der Waals surface area (Å²) in [6, 6.07) is 8.12. The van der Waals surface area contributed by atoms with E-state index in [1.54, 1.807) is 0 Å². The zero-order valence-electron chi connectivity index (χ0n) is 8.62. The van der Waals surface area contributed by atoms with Crippen LogP contribution in [0.2, 0.25) is 0 Å². The molecule has 0 aromatic heterocycles. The topological polar surface area (TPSA) is 44.9 Å². The van der Waals surface area contributed by atoms with Crippen LogP contribution >= 0.6 is 15.9 Å². The Bertz CT molecular complexity index is 270. The molecule has 15 heavy (non-hydrogen) atoms. The fourth-order valence-corrected chi connectivity index (χ4v) is 1.77. The van der Waals surface area contributed by atoms with Crippen molar-refractivity contribution < 1.29 is 15.1 Å². The summed E-state index contributed by atoms with van der Waals surface area (Å²) >= 11 is 3.39. The summed E-state index contributed by atoms with van der Waals surface area (Å²) in [4.78, 5) is 1.20. The summed E-state index contributed by atoms with van der Waals surface area (Å²) in [7, 11) is 0. The Balaban J connectivity index is 2.53. The Morgan fingerprint density at radius 1 is 1.00 bits per heavy atom. The molecule has 1 rings (SSSR count). The predicted molar refractivity (Wildman–Crippen MR) is 62.7 cm³/mol. The molecule has 0 aliphatic rings. The first-order valence-corrected chi connectivity index (χ1v) is 5.85. The fraction of sp³-hybridized carbons (Fsp3) is 0.455. The van der Waals surface area contributed by atoms with E-state index in [4.69, 9.17) is 10.2 Å². The number of nitrogens with one attached hydrogen (secondary N) is 1. The summed E-state index contributed by atoms with van der Waals surface area (Å²) in [5.74, 6) is 0. The first kappa shape index (κ1) is 12.6. The molecule has 0 bridgehead atoms. The minimum atomic E-state index is 0.159. The molecule has 0 amide bonds. The Hall–Kier alpha value is -0.420. The molecular formula is C11H17BrNO2+. The highest BCUT2D eigenvalue weighted by molar-refractivity contribution is 9.10. The zero-order chi connectivity index (χ0) is 11.1. The van der Waals surface area contributed by atoms with Crippen LogP contribution in [0.3, 0.4) is 0 Å². The molecule has 3 N–H and O–H groups in total. The second-order valence-electron chi connectivity index (χ2n) is 3.50. The van der Waals surface area contributed by atoms with Crippen molar-refractivity contribution in [1.82, 2.24) is 0 Å². The van der Waals surface area contributed by atoms with Gasteiger partial charge in [-0.15, -0.1) is 0 Å². The van der Waals surface area contributed by atoms with Gasteiger partial charge in [0.1, 0.15) is 19.6 Å². The van der Waals surface area contributed by atoms with Crippen molar-refractivity contribution in [3.05, 3.63) is 34.3 Å². The van der Waals surface area contributed by atoms with Crippen molar-refractivity contribution in [2.75, 3.05) is 26.3 Å². The van der Waals surface area contributed by atoms with Gasteiger partial charge in [0.2, 0.25) is 0 Å². The maximum absolute atomic E-state index is 8.88. The molecule has 0 spiro atoms. The number of hydrogen-bond donors (Lipinski definition) is 3. The molecular weight excluding hydrogens is 258 g/mol. The molecule has 84 valence electrons. The van der Waals surface area contributed by atoms with Gasteiger partial charge in [0.25, 0.3) is 0 Å². The average molecular weight is 275 g/mol. The molecule has 0 radical (unpaired) electrons. The van der Waals surface area contributed by atoms with Gasteiger partial charge < -0.3 is 15.1 Å². The lowest BCUT2D eigenvalue weighted by molar-refractivity contribution is -0.914. The van der Waals surface area contributed by atoms with Gasteiger partial charge in [-0.25, -0.2) is 0 Å². The van der Waals surface area contributed by atoms with Crippen LogP contribution in [0.1, 0.15) is 5.56 Å². The predicted octanol–water partition coefficient (Wildman–Crippen LogP) is -0.181. The highest BCUT2D eigenvalue weighted by Gasteiger charge is 2.07. The van der Waals surface area contributed by atoms with E-state index in [0.717, 1.165) is 11.0 Å². The molecule has 0 atom stereocenters. The van der Waals surface area contributed by atoms with Crippen LogP contribution in [0.25, 0.3) is 0 Å². The third-order valence-corrected chi connectivity index (χ3v) is 2.83. The lowest BCUT2D eigenvalue weighted by atomic mass is 10.2. The molecule has 1 aromatic carbocycles. The summed E-state index contributed by atoms with van der Waals surface area (Å²) in [6.45, 7) is 2.51. The quantitative estimate of drug-likeness (QED) is 0.674. The van der Waals surface area contributed by atoms with E-state index in [0.29, 0.717) is 13.1 Å². The molecule has 0 unspecified atom stereocenters. The van der Waals surface area contributed by atoms with Gasteiger partial charge >= 0.3 is 0 Å². The summed E-state index contributed by atoms with van der Waals surface area (Å²) < 4.78 is 1.07. The van der Waals surface area contributed by atoms with Crippen LogP contribution in [-0.2, 0) is 6.54 Å². The summed E-state index contributed by atoms with van der Waals surface area (Å²) in [5, 5.41) is 17.8. The second-order valence-corrected chi connectivity index (χ2v) is 4.42. The Kier molecular flexibility index (Phi) is 5.86. The van der Waals surface area contributed by atoms with Crippen LogP contribution < -0.4 is 4.90 Å². The maximum atomic E-state index is 8.88. The molecule has 0 aliphatic heterocycles. The van der Waals surface area contributed by atoms with Crippen molar-refractivity contribution in [1.29, 1.82) is 0 Å². The molecule has 0 saturated heterocycles. The van der Waals surface area contributed by atoms with Crippen molar-refractivity contribution in [2.24, 2.45) is 0 Å². The molecule has 0 heterocycles. The van der Waals surface area contributed by atoms with Gasteiger partial charge in [0, 0.05) is 10.0 Å². The van der Waals surface area contributed by atoms with Crippen LogP contribution in [-0.4, -0.2) is 36.5 Å². The lowest BCUT2D eigenvalue weighted by Gasteiger charge is -2.17. The van der Waals surface area contributed by atoms with E-state index in [9.17, 15) is 0 Å². The summed E-state index contributed by atoms with van der Waals surface area (Å²) in [5.41, 5.74) is 1.22. The standard InChI is InChI=1S/C11H16BrNO2/c12-11-3-1-10(2-4-11)9-13(5-7-14)6-8-15/h1-4,14-15H,5-9H2/p+1. The normalized spacial score (nSPS) is 10.9. The van der Waals surface area contributed by atoms with Crippen LogP contribution in [0.4, 0.5) is 0 Å². The Labute approximate surface area is 98.5 Å². The van der Waals surface area contributed by atoms with E-state index in [1.165, 1.54) is 10.5 Å². The van der Waals surface area contributed by atoms with E-state index < -0.39 is 0 Å². The van der Waals surface area contributed by atoms with E-state index in [-0.39, 0.29) is 13.2 Å². The zero-order valence-corrected chi connectivity index (χ0v) is 10.2. The number of rotatable bonds is 6. The molecule has 3 nitrogen and oxygen atoms in total. The molecule has 0 fully saturated rings. The average Bonchev–Trinajstić information content (AvgIpc) is 2.22. The monoisotopic (exact) mass is 274 g/mol. The largest absolute Gasteiger partial charge is 0.391 e. The van der Waals surface area contributed by atoms with E-state index in [1.807, 2.05) is 12.1 Å². The second kappa shape index (κ2) is 6.95. The minimum Gasteiger partial charge on any atom is -0.391 e. The van der Waals surface area contributed by atoms with Gasteiger partial charge in [0.15, 0.2) is 0 Å². The van der Waals surface area contributed by atoms with Gasteiger partial charge in [-0.3, -0.25) is 0 Å². The van der Waals surface area contributed by atoms with Crippen LogP contribution in [0.5, 0.6) is 0 Å². The van der Waals surface area contributed by atoms with Gasteiger partial charge in [-0.2, -0.15) is 0 Å². The number of halogens is 1. The first-order valence-electron chi connectivity index (χ1n) is 5.06. The molecule has 4 heteroatoms. The number of aliphatic hydroxyl groups excluding tert-OH is 2. The lowest BCUT2D eigenvalue weighted by Crippen LogP contribution is -3.11. The highest BCUT2D eigenvalue weighted by Crippen LogP contribution is 2.09. The van der Waals surface area contributed by atoms with E-state index >= 15 is 0 Å². The summed E-state index contributed by atoms with van der Waals surface area (Å²) in [6.07, 6.45) is 0. The van der Waals surface area contributed by atoms with Crippen molar-refractivity contribution >= 4 is 15.9 Å². The number of aliphatic hydroxyl groups is 2. The number of benzene rings is 1. The molecule has 0 saturated carbocycles. The molecule has 0 aliphatic carbocycles. The van der Waals surface area contributed by atoms with Crippen molar-refractivity contribution in [3.8, 4) is 0 Å². The van der Waals surface area contributed by atoms with Gasteiger partial charge in [-0.05, 0) is 12.1 Å². The Morgan fingerprint density at radius 2 is 1.53 bits per heavy atom. The third kappa shape index (κ3) is 4.75. The van der Waals surface area contributed by atoms with Crippen LogP contribution in [0.15, 0.2) is 28.7 Å². The number of quaternary nitrogens is 1. The van der Waals surface area contributed by atoms with Crippen molar-refractivity contribution in [3.63, 3.8) is 0 Å². The fourth-order valence-electron chi connectivity index (χ4n) is 1.51. The van der Waals surface area contributed by atoms with E-state index in [2.05, 4.69) is 28.1 Å². The number of hydrogen-bond acceptors (Lipinski definition) is 2. The Morgan fingerprint density at radius 3 is 2.00 bits per heavy atom. The van der Waals surface area contributed by atoms with Gasteiger partial charge in [0.05, 0.1) is 13.2 Å². The smallest absolute Gasteiger partial charge is 0.103 e. The highest BCUT2D eigenvalue weighted by atomic mass is 79.9. The SMILES string of the molecule is OCC[NH+](CCO)Cc1ccc(Br)cc1. The van der Waals surface area contributed by atoms with Crippen LogP contribution in [0, 0.1) is 0 Å². The first-order chi connectivity index (χ1) is 7.26. The molecule has 1 aromatic rings. The minimum absolute atomic E-state index is 0.159. The van der Waals surface area contributed by atoms with Crippen molar-refractivity contribution in [2.45, 2.75) is 6.54 Å².